The molecule has 0 aliphatic heterocycles. The van der Waals surface area contributed by atoms with Gasteiger partial charge < -0.3 is 9.11 Å². The summed E-state index contributed by atoms with van der Waals surface area (Å²) < 4.78 is 34.1. The van der Waals surface area contributed by atoms with Gasteiger partial charge in [0.25, 0.3) is 0 Å². The number of hydrogen-bond donors (Lipinski definition) is 0. The van der Waals surface area contributed by atoms with Gasteiger partial charge in [-0.15, -0.1) is 0 Å². The Balaban J connectivity index is -0.0000000800. The first-order chi connectivity index (χ1) is 2.00. The maximum atomic E-state index is 8.52. The summed E-state index contributed by atoms with van der Waals surface area (Å²) in [5, 5.41) is 0. The van der Waals surface area contributed by atoms with E-state index in [1.165, 1.54) is 0 Å². The smallest absolute Gasteiger partial charge is 0.759 e. The van der Waals surface area contributed by atoms with Gasteiger partial charge in [0.2, 0.25) is 0 Å². The van der Waals surface area contributed by atoms with Crippen LogP contribution in [0.15, 0.2) is 0 Å². The van der Waals surface area contributed by atoms with Crippen molar-refractivity contribution in [3.63, 3.8) is 0 Å². The van der Waals surface area contributed by atoms with Crippen molar-refractivity contribution in [3.05, 3.63) is 0 Å². The van der Waals surface area contributed by atoms with Crippen molar-refractivity contribution >= 4 is 27.5 Å². The molecule has 7 heavy (non-hydrogen) atoms. The minimum absolute atomic E-state index is 0. The minimum atomic E-state index is -5.17. The van der Waals surface area contributed by atoms with Crippen LogP contribution in [0.4, 0.5) is 0 Å². The van der Waals surface area contributed by atoms with Gasteiger partial charge in [-0.2, -0.15) is 0 Å². The minimum Gasteiger partial charge on any atom is -0.759 e. The molecule has 0 spiro atoms. The second-order valence-electron chi connectivity index (χ2n) is 0.408. The molecule has 0 heterocycles. The van der Waals surface area contributed by atoms with Gasteiger partial charge in [-0.3, -0.25) is 8.42 Å². The Morgan fingerprint density at radius 1 is 1.14 bits per heavy atom. The van der Waals surface area contributed by atoms with Gasteiger partial charge in [-0.25, -0.2) is 0 Å². The summed E-state index contributed by atoms with van der Waals surface area (Å²) in [4.78, 5) is 0. The van der Waals surface area contributed by atoms with Crippen molar-refractivity contribution in [3.8, 4) is 0 Å². The molecule has 47 valence electrons. The number of hydrogen-bond acceptors (Lipinski definition) is 4. The fraction of sp³-hybridized carbons (Fsp3) is 0. The third kappa shape index (κ3) is 202. The Morgan fingerprint density at radius 2 is 1.14 bits per heavy atom. The topological polar surface area (TPSA) is 80.3 Å². The molecule has 0 saturated carbocycles. The van der Waals surface area contributed by atoms with Gasteiger partial charge in [0.05, 0.1) is 0 Å². The zero-order valence-electron chi connectivity index (χ0n) is 2.75. The van der Waals surface area contributed by atoms with Crippen molar-refractivity contribution < 1.29 is 34.6 Å². The van der Waals surface area contributed by atoms with Crippen LogP contribution in [0.3, 0.4) is 0 Å². The van der Waals surface area contributed by atoms with E-state index in [1.54, 1.807) is 0 Å². The van der Waals surface area contributed by atoms with E-state index < -0.39 is 10.4 Å². The van der Waals surface area contributed by atoms with Crippen LogP contribution in [0.1, 0.15) is 0 Å². The Morgan fingerprint density at radius 3 is 1.14 bits per heavy atom. The first kappa shape index (κ1) is 15.7. The summed E-state index contributed by atoms with van der Waals surface area (Å²) in [7, 11) is -5.17. The molecular formula is CuO4SSe. The standard InChI is InChI=1S/Cu.H2O4S.Se/c;1-5(2,3)4;/h;(H2,1,2,3,4);/q+2;;/p-2. The van der Waals surface area contributed by atoms with Gasteiger partial charge in [-0.1, -0.05) is 0 Å². The van der Waals surface area contributed by atoms with Crippen LogP contribution in [0.2, 0.25) is 0 Å². The van der Waals surface area contributed by atoms with Crippen LogP contribution in [-0.2, 0) is 27.5 Å². The molecule has 0 fully saturated rings. The molecule has 0 bridgehead atoms. The van der Waals surface area contributed by atoms with E-state index in [2.05, 4.69) is 0 Å². The third-order valence-corrected chi connectivity index (χ3v) is 0. The maximum absolute atomic E-state index is 8.52. The van der Waals surface area contributed by atoms with E-state index in [1.807, 2.05) is 0 Å². The largest absolute Gasteiger partial charge is 2.00 e. The molecule has 0 aliphatic rings. The molecule has 0 aromatic heterocycles. The van der Waals surface area contributed by atoms with Crippen molar-refractivity contribution in [1.29, 1.82) is 0 Å². The first-order valence-electron chi connectivity index (χ1n) is 0.667. The van der Waals surface area contributed by atoms with E-state index in [-0.39, 0.29) is 34.1 Å². The molecular weight excluding hydrogens is 239 g/mol. The molecule has 4 nitrogen and oxygen atoms in total. The van der Waals surface area contributed by atoms with Crippen molar-refractivity contribution in [2.75, 3.05) is 0 Å². The molecule has 3 radical (unpaired) electrons. The molecule has 0 aromatic carbocycles. The van der Waals surface area contributed by atoms with Gasteiger partial charge in [0, 0.05) is 27.5 Å². The fourth-order valence-corrected chi connectivity index (χ4v) is 0. The second kappa shape index (κ2) is 5.05. The normalized spacial score (nSPS) is 8.29. The van der Waals surface area contributed by atoms with Gasteiger partial charge in [-0.05, 0) is 0 Å². The predicted octanol–water partition coefficient (Wildman–Crippen LogP) is -1.72. The van der Waals surface area contributed by atoms with Crippen LogP contribution in [0.25, 0.3) is 0 Å². The van der Waals surface area contributed by atoms with Gasteiger partial charge in [0.15, 0.2) is 0 Å². The van der Waals surface area contributed by atoms with Crippen LogP contribution in [0.5, 0.6) is 0 Å². The van der Waals surface area contributed by atoms with Crippen molar-refractivity contribution in [2.45, 2.75) is 0 Å². The first-order valence-corrected chi connectivity index (χ1v) is 2.00. The summed E-state index contributed by atoms with van der Waals surface area (Å²) in [5.74, 6) is 0. The molecule has 0 amide bonds. The van der Waals surface area contributed by atoms with E-state index in [4.69, 9.17) is 17.5 Å². The Bertz CT molecular complexity index is 94.9. The summed E-state index contributed by atoms with van der Waals surface area (Å²) >= 11 is 0. The van der Waals surface area contributed by atoms with Crippen LogP contribution in [0, 0.1) is 0 Å². The molecule has 0 unspecified atom stereocenters. The zero-order chi connectivity index (χ0) is 4.50. The Kier molecular flexibility index (Phi) is 11.3. The van der Waals surface area contributed by atoms with E-state index in [0.717, 1.165) is 0 Å². The summed E-state index contributed by atoms with van der Waals surface area (Å²) in [5.41, 5.74) is 0. The number of rotatable bonds is 0. The fourth-order valence-electron chi connectivity index (χ4n) is 0. The molecule has 0 N–H and O–H groups in total. The molecule has 7 heteroatoms. The average Bonchev–Trinajstić information content (AvgIpc) is 0.722. The average molecular weight is 239 g/mol. The molecule has 0 atom stereocenters. The van der Waals surface area contributed by atoms with E-state index in [0.29, 0.717) is 0 Å². The van der Waals surface area contributed by atoms with Crippen LogP contribution in [-0.4, -0.2) is 34.6 Å². The van der Waals surface area contributed by atoms with E-state index in [9.17, 15) is 0 Å². The molecule has 0 aromatic rings. The predicted molar refractivity (Wildman–Crippen MR) is 16.2 cm³/mol. The monoisotopic (exact) mass is 239 g/mol. The van der Waals surface area contributed by atoms with Gasteiger partial charge >= 0.3 is 17.1 Å². The van der Waals surface area contributed by atoms with Crippen molar-refractivity contribution in [1.82, 2.24) is 0 Å². The van der Waals surface area contributed by atoms with Crippen molar-refractivity contribution in [2.24, 2.45) is 0 Å². The summed E-state index contributed by atoms with van der Waals surface area (Å²) in [6.07, 6.45) is 0. The van der Waals surface area contributed by atoms with Gasteiger partial charge in [0.1, 0.15) is 0 Å². The maximum Gasteiger partial charge on any atom is 2.00 e. The Hall–Kier alpha value is 0.909. The van der Waals surface area contributed by atoms with E-state index >= 15 is 0 Å². The third-order valence-electron chi connectivity index (χ3n) is 0. The van der Waals surface area contributed by atoms with Crippen LogP contribution < -0.4 is 0 Å². The SMILES string of the molecule is O=S(=O)([O-])[O-].[Cu+2].[Se]. The van der Waals surface area contributed by atoms with Crippen LogP contribution >= 0.6 is 0 Å². The quantitative estimate of drug-likeness (QED) is 0.286. The summed E-state index contributed by atoms with van der Waals surface area (Å²) in [6, 6.07) is 0. The zero-order valence-corrected chi connectivity index (χ0v) is 6.22. The molecule has 0 aliphatic carbocycles. The summed E-state index contributed by atoms with van der Waals surface area (Å²) in [6.45, 7) is 0. The second-order valence-corrected chi connectivity index (χ2v) is 1.22. The molecule has 0 saturated heterocycles. The Labute approximate surface area is 62.2 Å². The molecule has 0 rings (SSSR count).